The second kappa shape index (κ2) is 2.29. The molecule has 1 aliphatic rings. The minimum atomic E-state index is 0.0938. The maximum absolute atomic E-state index is 12.4. The van der Waals surface area contributed by atoms with Crippen LogP contribution < -0.4 is 0 Å². The van der Waals surface area contributed by atoms with E-state index in [4.69, 9.17) is 0 Å². The van der Waals surface area contributed by atoms with Crippen molar-refractivity contribution >= 4 is 0 Å². The van der Waals surface area contributed by atoms with Crippen molar-refractivity contribution in [1.29, 1.82) is 0 Å². The Balaban J connectivity index is 2.53. The minimum Gasteiger partial charge on any atom is -0.212 e. The molecule has 1 heteroatoms. The predicted molar refractivity (Wildman–Crippen MR) is 32.2 cm³/mol. The number of hydrogen-bond donors (Lipinski definition) is 0. The average Bonchev–Trinajstić information content (AvgIpc) is 1.77. The summed E-state index contributed by atoms with van der Waals surface area (Å²) in [6.45, 7) is 1.94. The fourth-order valence-corrected chi connectivity index (χ4v) is 1.00. The smallest absolute Gasteiger partial charge is 0.0987 e. The lowest BCUT2D eigenvalue weighted by Gasteiger charge is -2.12. The lowest BCUT2D eigenvalue weighted by Crippen LogP contribution is -1.99. The molecule has 0 N–H and O–H groups in total. The number of hydrogen-bond acceptors (Lipinski definition) is 0. The van der Waals surface area contributed by atoms with Crippen molar-refractivity contribution in [2.24, 2.45) is 5.92 Å². The van der Waals surface area contributed by atoms with E-state index in [9.17, 15) is 4.39 Å². The number of allylic oxidation sites excluding steroid dienone is 2. The fraction of sp³-hybridized carbons (Fsp3) is 0.714. The first-order valence-corrected chi connectivity index (χ1v) is 3.16. The molecule has 0 saturated heterocycles. The van der Waals surface area contributed by atoms with Crippen molar-refractivity contribution in [3.63, 3.8) is 0 Å². The van der Waals surface area contributed by atoms with E-state index in [1.54, 1.807) is 6.08 Å². The molecule has 0 aliphatic heterocycles. The monoisotopic (exact) mass is 114 g/mol. The molecule has 0 spiro atoms. The van der Waals surface area contributed by atoms with Crippen LogP contribution >= 0.6 is 0 Å². The second-order valence-electron chi connectivity index (χ2n) is 2.42. The summed E-state index contributed by atoms with van der Waals surface area (Å²) in [5.41, 5.74) is 0. The highest BCUT2D eigenvalue weighted by molar-refractivity contribution is 4.99. The quantitative estimate of drug-likeness (QED) is 0.454. The zero-order chi connectivity index (χ0) is 5.98. The molecule has 0 amide bonds. The fourth-order valence-electron chi connectivity index (χ4n) is 1.00. The van der Waals surface area contributed by atoms with Gasteiger partial charge in [0.1, 0.15) is 0 Å². The maximum Gasteiger partial charge on any atom is 0.0987 e. The topological polar surface area (TPSA) is 0 Å². The molecule has 0 heterocycles. The first kappa shape index (κ1) is 5.80. The summed E-state index contributed by atoms with van der Waals surface area (Å²) in [5.74, 6) is 0.292. The van der Waals surface area contributed by atoms with Gasteiger partial charge < -0.3 is 0 Å². The van der Waals surface area contributed by atoms with Crippen LogP contribution in [0, 0.1) is 5.92 Å². The van der Waals surface area contributed by atoms with Crippen molar-refractivity contribution in [1.82, 2.24) is 0 Å². The molecule has 0 bridgehead atoms. The largest absolute Gasteiger partial charge is 0.212 e. The van der Waals surface area contributed by atoms with Crippen LogP contribution in [0.25, 0.3) is 0 Å². The van der Waals surface area contributed by atoms with Gasteiger partial charge in [-0.25, -0.2) is 4.39 Å². The summed E-state index contributed by atoms with van der Waals surface area (Å²) in [4.78, 5) is 0. The minimum absolute atomic E-state index is 0.0938. The molecule has 1 aliphatic carbocycles. The van der Waals surface area contributed by atoms with Gasteiger partial charge in [0.25, 0.3) is 0 Å². The molecule has 0 unspecified atom stereocenters. The summed E-state index contributed by atoms with van der Waals surface area (Å²) in [7, 11) is 0. The van der Waals surface area contributed by atoms with Gasteiger partial charge in [-0.05, 0) is 19.3 Å². The Bertz CT molecular complexity index is 105. The third kappa shape index (κ3) is 1.09. The normalized spacial score (nSPS) is 29.8. The molecule has 8 heavy (non-hydrogen) atoms. The van der Waals surface area contributed by atoms with Crippen LogP contribution in [0.5, 0.6) is 0 Å². The van der Waals surface area contributed by atoms with E-state index in [1.807, 2.05) is 6.92 Å². The van der Waals surface area contributed by atoms with Crippen LogP contribution in [0.1, 0.15) is 26.2 Å². The lowest BCUT2D eigenvalue weighted by molar-refractivity contribution is 0.432. The predicted octanol–water partition coefficient (Wildman–Crippen LogP) is 2.66. The number of rotatable bonds is 0. The standard InChI is InChI=1S/C7H11F/c1-6-4-2-3-5-7(6)8/h5-6H,2-4H2,1H3/t6-/m0/s1. The molecule has 46 valence electrons. The molecular formula is C7H11F. The van der Waals surface area contributed by atoms with Crippen molar-refractivity contribution in [3.05, 3.63) is 11.9 Å². The molecule has 1 atom stereocenters. The Kier molecular flexibility index (Phi) is 1.66. The zero-order valence-corrected chi connectivity index (χ0v) is 5.15. The van der Waals surface area contributed by atoms with E-state index in [0.29, 0.717) is 0 Å². The van der Waals surface area contributed by atoms with Gasteiger partial charge in [-0.15, -0.1) is 0 Å². The van der Waals surface area contributed by atoms with E-state index in [2.05, 4.69) is 0 Å². The number of halogens is 1. The van der Waals surface area contributed by atoms with Crippen LogP contribution in [0.4, 0.5) is 4.39 Å². The molecular weight excluding hydrogens is 103 g/mol. The molecule has 0 saturated carbocycles. The van der Waals surface area contributed by atoms with Gasteiger partial charge >= 0.3 is 0 Å². The Hall–Kier alpha value is -0.330. The van der Waals surface area contributed by atoms with Gasteiger partial charge in [-0.3, -0.25) is 0 Å². The Morgan fingerprint density at radius 1 is 1.75 bits per heavy atom. The third-order valence-electron chi connectivity index (χ3n) is 1.65. The maximum atomic E-state index is 12.4. The van der Waals surface area contributed by atoms with E-state index in [1.165, 1.54) is 0 Å². The SMILES string of the molecule is C[C@H]1CCCC=C1F. The van der Waals surface area contributed by atoms with Gasteiger partial charge in [0.2, 0.25) is 0 Å². The zero-order valence-electron chi connectivity index (χ0n) is 5.15. The Labute approximate surface area is 49.4 Å². The summed E-state index contributed by atoms with van der Waals surface area (Å²) in [6, 6.07) is 0. The molecule has 0 aromatic heterocycles. The van der Waals surface area contributed by atoms with E-state index >= 15 is 0 Å². The highest BCUT2D eigenvalue weighted by Crippen LogP contribution is 2.24. The van der Waals surface area contributed by atoms with Crippen molar-refractivity contribution in [3.8, 4) is 0 Å². The van der Waals surface area contributed by atoms with E-state index < -0.39 is 0 Å². The highest BCUT2D eigenvalue weighted by Gasteiger charge is 2.10. The summed E-state index contributed by atoms with van der Waals surface area (Å²) >= 11 is 0. The molecule has 0 radical (unpaired) electrons. The molecule has 0 aromatic carbocycles. The van der Waals surface area contributed by atoms with Gasteiger partial charge in [0, 0.05) is 5.92 Å². The Morgan fingerprint density at radius 2 is 2.50 bits per heavy atom. The van der Waals surface area contributed by atoms with Crippen molar-refractivity contribution in [2.45, 2.75) is 26.2 Å². The van der Waals surface area contributed by atoms with E-state index in [-0.39, 0.29) is 11.7 Å². The van der Waals surface area contributed by atoms with Crippen molar-refractivity contribution < 1.29 is 4.39 Å². The molecule has 1 rings (SSSR count). The first-order chi connectivity index (χ1) is 3.80. The van der Waals surface area contributed by atoms with Crippen LogP contribution in [0.2, 0.25) is 0 Å². The summed E-state index contributed by atoms with van der Waals surface area (Å²) in [5, 5.41) is 0. The first-order valence-electron chi connectivity index (χ1n) is 3.16. The van der Waals surface area contributed by atoms with Crippen LogP contribution in [-0.4, -0.2) is 0 Å². The summed E-state index contributed by atoms with van der Waals surface area (Å²) < 4.78 is 12.4. The van der Waals surface area contributed by atoms with Crippen LogP contribution in [-0.2, 0) is 0 Å². The third-order valence-corrected chi connectivity index (χ3v) is 1.65. The Morgan fingerprint density at radius 3 is 2.88 bits per heavy atom. The van der Waals surface area contributed by atoms with Crippen LogP contribution in [0.15, 0.2) is 11.9 Å². The van der Waals surface area contributed by atoms with E-state index in [0.717, 1.165) is 19.3 Å². The average molecular weight is 114 g/mol. The molecule has 0 nitrogen and oxygen atoms in total. The highest BCUT2D eigenvalue weighted by atomic mass is 19.1. The summed E-state index contributed by atoms with van der Waals surface area (Å²) in [6.07, 6.45) is 4.83. The van der Waals surface area contributed by atoms with Gasteiger partial charge in [0.15, 0.2) is 0 Å². The van der Waals surface area contributed by atoms with Gasteiger partial charge in [-0.1, -0.05) is 13.0 Å². The van der Waals surface area contributed by atoms with Gasteiger partial charge in [0.05, 0.1) is 5.83 Å². The van der Waals surface area contributed by atoms with Crippen molar-refractivity contribution in [2.75, 3.05) is 0 Å². The molecule has 0 aromatic rings. The molecule has 0 fully saturated rings. The van der Waals surface area contributed by atoms with Gasteiger partial charge in [-0.2, -0.15) is 0 Å². The van der Waals surface area contributed by atoms with Crippen LogP contribution in [0.3, 0.4) is 0 Å². The second-order valence-corrected chi connectivity index (χ2v) is 2.42. The lowest BCUT2D eigenvalue weighted by atomic mass is 9.97.